The summed E-state index contributed by atoms with van der Waals surface area (Å²) in [5, 5.41) is 0. The van der Waals surface area contributed by atoms with Gasteiger partial charge in [-0.25, -0.2) is 0 Å². The number of hydrogen-bond donors (Lipinski definition) is 1. The lowest BCUT2D eigenvalue weighted by Gasteiger charge is -2.41. The third kappa shape index (κ3) is 4.01. The second kappa shape index (κ2) is 8.44. The quantitative estimate of drug-likeness (QED) is 0.786. The summed E-state index contributed by atoms with van der Waals surface area (Å²) in [6, 6.07) is 21.7. The van der Waals surface area contributed by atoms with E-state index in [1.54, 1.807) is 0 Å². The Morgan fingerprint density at radius 1 is 0.920 bits per heavy atom. The topological polar surface area (TPSA) is 21.5 Å². The van der Waals surface area contributed by atoms with Crippen LogP contribution in [0.2, 0.25) is 0 Å². The minimum atomic E-state index is 0.147. The van der Waals surface area contributed by atoms with Crippen molar-refractivity contribution >= 4 is 5.78 Å². The van der Waals surface area contributed by atoms with E-state index in [1.165, 1.54) is 28.9 Å². The number of carbonyl (C=O) groups is 1. The molecule has 1 unspecified atom stereocenters. The first-order chi connectivity index (χ1) is 12.2. The molecule has 1 heterocycles. The van der Waals surface area contributed by atoms with Gasteiger partial charge in [-0.2, -0.15) is 0 Å². The summed E-state index contributed by atoms with van der Waals surface area (Å²) in [6.45, 7) is 2.22. The van der Waals surface area contributed by atoms with Crippen molar-refractivity contribution in [3.05, 3.63) is 71.8 Å². The maximum Gasteiger partial charge on any atom is 0.148 e. The van der Waals surface area contributed by atoms with Gasteiger partial charge >= 0.3 is 0 Å². The van der Waals surface area contributed by atoms with Gasteiger partial charge in [-0.15, -0.1) is 0 Å². The van der Waals surface area contributed by atoms with Crippen LogP contribution < -0.4 is 4.90 Å². The summed E-state index contributed by atoms with van der Waals surface area (Å²) in [7, 11) is 2.27. The van der Waals surface area contributed by atoms with Crippen molar-refractivity contribution in [2.75, 3.05) is 7.05 Å². The SMILES string of the molecule is CCCCC[C@H]1C(=O)C[C@@H](c2ccccc2)[NH+](C)[C@@H]1c1ccccc1. The lowest BCUT2D eigenvalue weighted by molar-refractivity contribution is -0.949. The molecule has 1 fully saturated rings. The zero-order chi connectivity index (χ0) is 17.6. The van der Waals surface area contributed by atoms with E-state index in [9.17, 15) is 4.79 Å². The first kappa shape index (κ1) is 17.9. The number of likely N-dealkylation sites (tertiary alicyclic amines) is 1. The van der Waals surface area contributed by atoms with E-state index in [4.69, 9.17) is 0 Å². The van der Waals surface area contributed by atoms with Crippen LogP contribution in [0.1, 0.15) is 62.2 Å². The number of unbranched alkanes of at least 4 members (excludes halogenated alkanes) is 2. The Labute approximate surface area is 151 Å². The predicted molar refractivity (Wildman–Crippen MR) is 103 cm³/mol. The number of benzene rings is 2. The molecule has 0 bridgehead atoms. The minimum absolute atomic E-state index is 0.147. The van der Waals surface area contributed by atoms with Gasteiger partial charge in [0.15, 0.2) is 0 Å². The van der Waals surface area contributed by atoms with Gasteiger partial charge in [-0.3, -0.25) is 4.79 Å². The van der Waals surface area contributed by atoms with Crippen molar-refractivity contribution in [2.24, 2.45) is 5.92 Å². The average molecular weight is 336 g/mol. The molecule has 2 aromatic carbocycles. The van der Waals surface area contributed by atoms with Gasteiger partial charge in [0.2, 0.25) is 0 Å². The molecule has 0 radical (unpaired) electrons. The Balaban J connectivity index is 1.91. The van der Waals surface area contributed by atoms with E-state index in [0.717, 1.165) is 12.8 Å². The van der Waals surface area contributed by atoms with Gasteiger partial charge in [-0.05, 0) is 6.42 Å². The highest BCUT2D eigenvalue weighted by molar-refractivity contribution is 5.83. The van der Waals surface area contributed by atoms with Gasteiger partial charge in [0.05, 0.1) is 19.4 Å². The van der Waals surface area contributed by atoms with Crippen LogP contribution >= 0.6 is 0 Å². The molecule has 2 heteroatoms. The van der Waals surface area contributed by atoms with Crippen LogP contribution in [0.25, 0.3) is 0 Å². The van der Waals surface area contributed by atoms with Crippen molar-refractivity contribution in [3.8, 4) is 0 Å². The second-order valence-corrected chi connectivity index (χ2v) is 7.37. The van der Waals surface area contributed by atoms with Crippen LogP contribution in [0.15, 0.2) is 60.7 Å². The number of rotatable bonds is 6. The fraction of sp³-hybridized carbons (Fsp3) is 0.435. The Bertz CT molecular complexity index is 667. The highest BCUT2D eigenvalue weighted by Crippen LogP contribution is 2.33. The zero-order valence-electron chi connectivity index (χ0n) is 15.4. The van der Waals surface area contributed by atoms with Crippen LogP contribution in [0.4, 0.5) is 0 Å². The summed E-state index contributed by atoms with van der Waals surface area (Å²) in [4.78, 5) is 14.5. The Kier molecular flexibility index (Phi) is 6.04. The highest BCUT2D eigenvalue weighted by Gasteiger charge is 2.44. The molecule has 4 atom stereocenters. The lowest BCUT2D eigenvalue weighted by atomic mass is 9.77. The molecule has 0 aliphatic carbocycles. The van der Waals surface area contributed by atoms with E-state index in [0.29, 0.717) is 12.2 Å². The van der Waals surface area contributed by atoms with E-state index in [1.807, 2.05) is 6.07 Å². The zero-order valence-corrected chi connectivity index (χ0v) is 15.4. The number of quaternary nitrogens is 1. The molecule has 0 aromatic heterocycles. The second-order valence-electron chi connectivity index (χ2n) is 7.37. The first-order valence-electron chi connectivity index (χ1n) is 9.68. The van der Waals surface area contributed by atoms with Crippen molar-refractivity contribution in [3.63, 3.8) is 0 Å². The summed E-state index contributed by atoms with van der Waals surface area (Å²) in [5.41, 5.74) is 2.58. The van der Waals surface area contributed by atoms with Crippen molar-refractivity contribution in [1.82, 2.24) is 0 Å². The molecule has 0 saturated carbocycles. The molecular weight excluding hydrogens is 306 g/mol. The number of hydrogen-bond acceptors (Lipinski definition) is 1. The van der Waals surface area contributed by atoms with Crippen LogP contribution in [0.5, 0.6) is 0 Å². The van der Waals surface area contributed by atoms with Gasteiger partial charge in [0.25, 0.3) is 0 Å². The molecule has 132 valence electrons. The molecule has 3 rings (SSSR count). The molecule has 1 aliphatic heterocycles. The normalized spacial score (nSPS) is 26.6. The van der Waals surface area contributed by atoms with Gasteiger partial charge in [0, 0.05) is 11.1 Å². The van der Waals surface area contributed by atoms with E-state index in [-0.39, 0.29) is 18.0 Å². The monoisotopic (exact) mass is 336 g/mol. The number of piperidine rings is 1. The van der Waals surface area contributed by atoms with Crippen LogP contribution in [-0.4, -0.2) is 12.8 Å². The van der Waals surface area contributed by atoms with Crippen LogP contribution in [-0.2, 0) is 4.79 Å². The summed E-state index contributed by atoms with van der Waals surface area (Å²) >= 11 is 0. The van der Waals surface area contributed by atoms with Crippen molar-refractivity contribution in [1.29, 1.82) is 0 Å². The Hall–Kier alpha value is -1.93. The molecular formula is C23H30NO+. The third-order valence-corrected chi connectivity index (χ3v) is 5.74. The van der Waals surface area contributed by atoms with Gasteiger partial charge < -0.3 is 4.90 Å². The van der Waals surface area contributed by atoms with Crippen LogP contribution in [0.3, 0.4) is 0 Å². The average Bonchev–Trinajstić information content (AvgIpc) is 2.66. The molecule has 0 amide bonds. The predicted octanol–water partition coefficient (Wildman–Crippen LogP) is 4.15. The number of nitrogens with one attached hydrogen (secondary N) is 1. The molecule has 2 aromatic rings. The van der Waals surface area contributed by atoms with E-state index < -0.39 is 0 Å². The first-order valence-corrected chi connectivity index (χ1v) is 9.68. The number of Topliss-reactive ketones (excluding diaryl/α,β-unsaturated/α-hetero) is 1. The fourth-order valence-corrected chi connectivity index (χ4v) is 4.40. The van der Waals surface area contributed by atoms with Crippen molar-refractivity contribution in [2.45, 2.75) is 51.1 Å². The largest absolute Gasteiger partial charge is 0.324 e. The van der Waals surface area contributed by atoms with Crippen LogP contribution in [0, 0.1) is 5.92 Å². The Morgan fingerprint density at radius 2 is 1.52 bits per heavy atom. The molecule has 1 aliphatic rings. The number of carbonyl (C=O) groups excluding carboxylic acids is 1. The third-order valence-electron chi connectivity index (χ3n) is 5.74. The maximum atomic E-state index is 13.1. The molecule has 1 N–H and O–H groups in total. The maximum absolute atomic E-state index is 13.1. The van der Waals surface area contributed by atoms with E-state index in [2.05, 4.69) is 68.6 Å². The summed E-state index contributed by atoms with van der Waals surface area (Å²) in [5.74, 6) is 0.596. The van der Waals surface area contributed by atoms with Crippen molar-refractivity contribution < 1.29 is 9.69 Å². The van der Waals surface area contributed by atoms with Gasteiger partial charge in [-0.1, -0.05) is 86.8 Å². The Morgan fingerprint density at radius 3 is 2.12 bits per heavy atom. The van der Waals surface area contributed by atoms with Gasteiger partial charge in [0.1, 0.15) is 17.9 Å². The highest BCUT2D eigenvalue weighted by atomic mass is 16.1. The molecule has 2 nitrogen and oxygen atoms in total. The minimum Gasteiger partial charge on any atom is -0.324 e. The lowest BCUT2D eigenvalue weighted by Crippen LogP contribution is -3.11. The molecule has 25 heavy (non-hydrogen) atoms. The fourth-order valence-electron chi connectivity index (χ4n) is 4.40. The smallest absolute Gasteiger partial charge is 0.148 e. The number of ketones is 1. The molecule has 0 spiro atoms. The summed E-state index contributed by atoms with van der Waals surface area (Å²) < 4.78 is 0. The summed E-state index contributed by atoms with van der Waals surface area (Å²) in [6.07, 6.45) is 5.25. The molecule has 1 saturated heterocycles. The standard InChI is InChI=1S/C23H29NO/c1-3-4-7-16-20-22(25)17-21(18-12-8-5-9-13-18)24(2)23(20)19-14-10-6-11-15-19/h5-6,8-15,20-21,23H,3-4,7,16-17H2,1-2H3/p+1/t20-,21-,23+/m0/s1. The van der Waals surface area contributed by atoms with E-state index >= 15 is 0 Å².